The van der Waals surface area contributed by atoms with E-state index in [4.69, 9.17) is 6.42 Å². The standard InChI is InChI=1S/C8H14N2O2S/c1-3-4-9-7-8(11)10-5-6-13(2)12/h1,9H,4-7H2,2H3,(H,10,11). The van der Waals surface area contributed by atoms with E-state index in [2.05, 4.69) is 16.6 Å². The van der Waals surface area contributed by atoms with Gasteiger partial charge in [-0.2, -0.15) is 0 Å². The van der Waals surface area contributed by atoms with Crippen LogP contribution in [0.25, 0.3) is 0 Å². The number of hydrogen-bond donors (Lipinski definition) is 2. The van der Waals surface area contributed by atoms with Crippen LogP contribution in [0.1, 0.15) is 0 Å². The van der Waals surface area contributed by atoms with Gasteiger partial charge in [0.05, 0.1) is 13.1 Å². The second kappa shape index (κ2) is 7.77. The van der Waals surface area contributed by atoms with Gasteiger partial charge in [-0.25, -0.2) is 0 Å². The fraction of sp³-hybridized carbons (Fsp3) is 0.625. The smallest absolute Gasteiger partial charge is 0.234 e. The van der Waals surface area contributed by atoms with Crippen LogP contribution < -0.4 is 10.6 Å². The van der Waals surface area contributed by atoms with Crippen molar-refractivity contribution < 1.29 is 9.00 Å². The fourth-order valence-corrected chi connectivity index (χ4v) is 1.03. The summed E-state index contributed by atoms with van der Waals surface area (Å²) in [5.74, 6) is 2.72. The molecule has 13 heavy (non-hydrogen) atoms. The van der Waals surface area contributed by atoms with E-state index in [0.29, 0.717) is 18.8 Å². The lowest BCUT2D eigenvalue weighted by Crippen LogP contribution is -2.35. The average molecular weight is 202 g/mol. The molecule has 74 valence electrons. The Kier molecular flexibility index (Phi) is 7.26. The maximum absolute atomic E-state index is 11.0. The molecule has 0 aromatic heterocycles. The highest BCUT2D eigenvalue weighted by Gasteiger charge is 1.98. The number of hydrogen-bond acceptors (Lipinski definition) is 3. The molecule has 0 aromatic rings. The van der Waals surface area contributed by atoms with Crippen molar-refractivity contribution in [2.75, 3.05) is 31.6 Å². The molecule has 2 N–H and O–H groups in total. The molecule has 0 radical (unpaired) electrons. The van der Waals surface area contributed by atoms with Gasteiger partial charge in [0, 0.05) is 29.4 Å². The molecular weight excluding hydrogens is 188 g/mol. The first-order chi connectivity index (χ1) is 6.16. The van der Waals surface area contributed by atoms with Gasteiger partial charge in [0.1, 0.15) is 0 Å². The zero-order chi connectivity index (χ0) is 10.1. The molecule has 0 saturated carbocycles. The van der Waals surface area contributed by atoms with E-state index in [9.17, 15) is 9.00 Å². The van der Waals surface area contributed by atoms with Crippen molar-refractivity contribution in [3.05, 3.63) is 0 Å². The van der Waals surface area contributed by atoms with Crippen LogP contribution in [0.3, 0.4) is 0 Å². The summed E-state index contributed by atoms with van der Waals surface area (Å²) in [6, 6.07) is 0. The van der Waals surface area contributed by atoms with Gasteiger partial charge in [-0.1, -0.05) is 5.92 Å². The second-order valence-electron chi connectivity index (χ2n) is 2.43. The van der Waals surface area contributed by atoms with Crippen LogP contribution in [0, 0.1) is 12.3 Å². The summed E-state index contributed by atoms with van der Waals surface area (Å²) in [5.41, 5.74) is 0. The van der Waals surface area contributed by atoms with Crippen molar-refractivity contribution in [1.82, 2.24) is 10.6 Å². The maximum Gasteiger partial charge on any atom is 0.234 e. The molecule has 0 aliphatic carbocycles. The molecule has 1 unspecified atom stereocenters. The lowest BCUT2D eigenvalue weighted by Gasteiger charge is -2.03. The third kappa shape index (κ3) is 9.05. The minimum absolute atomic E-state index is 0.124. The van der Waals surface area contributed by atoms with Crippen LogP contribution in [-0.4, -0.2) is 41.8 Å². The lowest BCUT2D eigenvalue weighted by atomic mass is 10.5. The van der Waals surface area contributed by atoms with Gasteiger partial charge in [-0.05, 0) is 0 Å². The van der Waals surface area contributed by atoms with Crippen LogP contribution >= 0.6 is 0 Å². The van der Waals surface area contributed by atoms with Crippen LogP contribution in [0.2, 0.25) is 0 Å². The van der Waals surface area contributed by atoms with E-state index in [1.807, 2.05) is 0 Å². The van der Waals surface area contributed by atoms with Gasteiger partial charge in [-0.3, -0.25) is 14.3 Å². The molecule has 0 heterocycles. The van der Waals surface area contributed by atoms with E-state index >= 15 is 0 Å². The van der Waals surface area contributed by atoms with Crippen LogP contribution in [0.15, 0.2) is 0 Å². The Morgan fingerprint density at radius 3 is 2.85 bits per heavy atom. The third-order valence-corrected chi connectivity index (χ3v) is 2.00. The zero-order valence-corrected chi connectivity index (χ0v) is 8.45. The van der Waals surface area contributed by atoms with Crippen LogP contribution in [0.5, 0.6) is 0 Å². The summed E-state index contributed by atoms with van der Waals surface area (Å²) in [5, 5.41) is 5.36. The number of amides is 1. The molecule has 0 rings (SSSR count). The van der Waals surface area contributed by atoms with Crippen molar-refractivity contribution >= 4 is 16.7 Å². The topological polar surface area (TPSA) is 58.2 Å². The van der Waals surface area contributed by atoms with Gasteiger partial charge >= 0.3 is 0 Å². The van der Waals surface area contributed by atoms with Gasteiger partial charge < -0.3 is 5.32 Å². The molecule has 0 aromatic carbocycles. The highest BCUT2D eigenvalue weighted by atomic mass is 32.2. The van der Waals surface area contributed by atoms with E-state index in [1.54, 1.807) is 6.26 Å². The predicted molar refractivity (Wildman–Crippen MR) is 53.6 cm³/mol. The minimum atomic E-state index is -0.857. The predicted octanol–water partition coefficient (Wildman–Crippen LogP) is -1.30. The van der Waals surface area contributed by atoms with E-state index in [0.717, 1.165) is 0 Å². The molecule has 0 aliphatic heterocycles. The van der Waals surface area contributed by atoms with Gasteiger partial charge in [0.2, 0.25) is 5.91 Å². The Labute approximate surface area is 80.9 Å². The SMILES string of the molecule is C#CCNCC(=O)NCCS(C)=O. The molecule has 1 atom stereocenters. The van der Waals surface area contributed by atoms with Crippen LogP contribution in [0.4, 0.5) is 0 Å². The molecule has 0 aliphatic rings. The van der Waals surface area contributed by atoms with Gasteiger partial charge in [-0.15, -0.1) is 6.42 Å². The molecule has 0 saturated heterocycles. The summed E-state index contributed by atoms with van der Waals surface area (Å²) in [6.45, 7) is 1.04. The van der Waals surface area contributed by atoms with E-state index in [1.165, 1.54) is 0 Å². The number of carbonyl (C=O) groups excluding carboxylic acids is 1. The van der Waals surface area contributed by atoms with Crippen molar-refractivity contribution in [1.29, 1.82) is 0 Å². The van der Waals surface area contributed by atoms with E-state index in [-0.39, 0.29) is 12.5 Å². The number of terminal acetylenes is 1. The Morgan fingerprint density at radius 1 is 1.62 bits per heavy atom. The van der Waals surface area contributed by atoms with Crippen LogP contribution in [-0.2, 0) is 15.6 Å². The monoisotopic (exact) mass is 202 g/mol. The summed E-state index contributed by atoms with van der Waals surface area (Å²) in [7, 11) is -0.857. The molecular formula is C8H14N2O2S. The van der Waals surface area contributed by atoms with Crippen molar-refractivity contribution in [2.45, 2.75) is 0 Å². The van der Waals surface area contributed by atoms with Crippen molar-refractivity contribution in [3.63, 3.8) is 0 Å². The van der Waals surface area contributed by atoms with Crippen molar-refractivity contribution in [2.24, 2.45) is 0 Å². The first-order valence-corrected chi connectivity index (χ1v) is 5.60. The first kappa shape index (κ1) is 12.1. The summed E-state index contributed by atoms with van der Waals surface area (Å²) in [4.78, 5) is 11.0. The maximum atomic E-state index is 11.0. The third-order valence-electron chi connectivity index (χ3n) is 1.22. The first-order valence-electron chi connectivity index (χ1n) is 3.87. The average Bonchev–Trinajstić information content (AvgIpc) is 2.04. The molecule has 0 fully saturated rings. The molecule has 0 bridgehead atoms. The molecule has 4 nitrogen and oxygen atoms in total. The van der Waals surface area contributed by atoms with Crippen molar-refractivity contribution in [3.8, 4) is 12.3 Å². The Balaban J connectivity index is 3.31. The minimum Gasteiger partial charge on any atom is -0.354 e. The number of rotatable bonds is 6. The normalized spacial score (nSPS) is 11.7. The largest absolute Gasteiger partial charge is 0.354 e. The number of nitrogens with one attached hydrogen (secondary N) is 2. The lowest BCUT2D eigenvalue weighted by molar-refractivity contribution is -0.120. The fourth-order valence-electron chi connectivity index (χ4n) is 0.645. The highest BCUT2D eigenvalue weighted by Crippen LogP contribution is 1.71. The summed E-state index contributed by atoms with van der Waals surface area (Å²) < 4.78 is 10.6. The number of carbonyl (C=O) groups is 1. The summed E-state index contributed by atoms with van der Waals surface area (Å²) >= 11 is 0. The Morgan fingerprint density at radius 2 is 2.31 bits per heavy atom. The van der Waals surface area contributed by atoms with Gasteiger partial charge in [0.15, 0.2) is 0 Å². The second-order valence-corrected chi connectivity index (χ2v) is 3.99. The Hall–Kier alpha value is -0.860. The Bertz CT molecular complexity index is 223. The zero-order valence-electron chi connectivity index (χ0n) is 7.63. The summed E-state index contributed by atoms with van der Waals surface area (Å²) in [6.07, 6.45) is 6.57. The van der Waals surface area contributed by atoms with E-state index < -0.39 is 10.8 Å². The highest BCUT2D eigenvalue weighted by molar-refractivity contribution is 7.84. The molecule has 5 heteroatoms. The quantitative estimate of drug-likeness (QED) is 0.416. The molecule has 1 amide bonds. The molecule has 0 spiro atoms. The van der Waals surface area contributed by atoms with Gasteiger partial charge in [0.25, 0.3) is 0 Å².